The van der Waals surface area contributed by atoms with Crippen molar-refractivity contribution in [2.45, 2.75) is 0 Å². The van der Waals surface area contributed by atoms with Gasteiger partial charge >= 0.3 is 0 Å². The minimum absolute atomic E-state index is 0.678. The van der Waals surface area contributed by atoms with Crippen LogP contribution in [0.15, 0.2) is 152 Å². The highest BCUT2D eigenvalue weighted by atomic mass is 32.1. The van der Waals surface area contributed by atoms with Gasteiger partial charge in [0.2, 0.25) is 0 Å². The van der Waals surface area contributed by atoms with Gasteiger partial charge in [-0.3, -0.25) is 0 Å². The number of hydrogen-bond acceptors (Lipinski definition) is 3. The molecule has 0 aliphatic rings. The molecule has 0 bridgehead atoms. The molecule has 0 radical (unpaired) electrons. The normalized spacial score (nSPS) is 11.5. The van der Waals surface area contributed by atoms with Crippen LogP contribution in [0.2, 0.25) is 0 Å². The Morgan fingerprint density at radius 2 is 0.804 bits per heavy atom. The summed E-state index contributed by atoms with van der Waals surface area (Å²) in [5.41, 5.74) is 9.66. The molecular formula is C43H25NS2. The molecule has 0 aliphatic heterocycles. The third-order valence-electron chi connectivity index (χ3n) is 8.93. The monoisotopic (exact) mass is 619 g/mol. The van der Waals surface area contributed by atoms with Gasteiger partial charge in [0.1, 0.15) is 0 Å². The van der Waals surface area contributed by atoms with Crippen LogP contribution in [0.3, 0.4) is 0 Å². The Hall–Kier alpha value is -5.53. The van der Waals surface area contributed by atoms with Gasteiger partial charge in [0.15, 0.2) is 0 Å². The zero-order chi connectivity index (χ0) is 30.6. The molecule has 0 spiro atoms. The van der Waals surface area contributed by atoms with E-state index in [4.69, 9.17) is 0 Å². The van der Waals surface area contributed by atoms with Gasteiger partial charge in [-0.05, 0) is 87.5 Å². The van der Waals surface area contributed by atoms with Gasteiger partial charge < -0.3 is 0 Å². The van der Waals surface area contributed by atoms with E-state index in [-0.39, 0.29) is 0 Å². The first kappa shape index (κ1) is 26.8. The van der Waals surface area contributed by atoms with Crippen LogP contribution in [-0.2, 0) is 0 Å². The molecule has 0 atom stereocenters. The van der Waals surface area contributed by atoms with Crippen molar-refractivity contribution in [1.82, 2.24) is 0 Å². The van der Waals surface area contributed by atoms with Crippen molar-refractivity contribution in [1.29, 1.82) is 5.26 Å². The third kappa shape index (κ3) is 4.43. The second kappa shape index (κ2) is 10.8. The Bertz CT molecular complexity index is 2530. The van der Waals surface area contributed by atoms with E-state index in [1.54, 1.807) is 0 Å². The number of benzene rings is 7. The van der Waals surface area contributed by atoms with Crippen LogP contribution in [0.1, 0.15) is 5.56 Å². The van der Waals surface area contributed by atoms with Crippen molar-refractivity contribution in [2.24, 2.45) is 0 Å². The number of thiophene rings is 2. The smallest absolute Gasteiger partial charge is 0.0998 e. The van der Waals surface area contributed by atoms with Gasteiger partial charge in [0.25, 0.3) is 0 Å². The minimum atomic E-state index is 0.678. The summed E-state index contributed by atoms with van der Waals surface area (Å²) >= 11 is 3.70. The summed E-state index contributed by atoms with van der Waals surface area (Å²) in [4.78, 5) is 0. The number of fused-ring (bicyclic) bond motifs is 6. The Morgan fingerprint density at radius 1 is 0.348 bits per heavy atom. The first-order valence-electron chi connectivity index (χ1n) is 15.3. The predicted octanol–water partition coefficient (Wildman–Crippen LogP) is 13.0. The molecule has 0 aliphatic carbocycles. The van der Waals surface area contributed by atoms with E-state index in [2.05, 4.69) is 133 Å². The van der Waals surface area contributed by atoms with Crippen LogP contribution in [0.5, 0.6) is 0 Å². The summed E-state index contributed by atoms with van der Waals surface area (Å²) in [7, 11) is 0. The average Bonchev–Trinajstić information content (AvgIpc) is 3.69. The van der Waals surface area contributed by atoms with E-state index in [1.807, 2.05) is 46.9 Å². The minimum Gasteiger partial charge on any atom is -0.192 e. The lowest BCUT2D eigenvalue weighted by Gasteiger charge is -2.15. The topological polar surface area (TPSA) is 23.8 Å². The highest BCUT2D eigenvalue weighted by Crippen LogP contribution is 2.42. The molecule has 3 heteroatoms. The molecular weight excluding hydrogens is 595 g/mol. The largest absolute Gasteiger partial charge is 0.192 e. The fraction of sp³-hybridized carbons (Fsp3) is 0. The molecule has 0 amide bonds. The average molecular weight is 620 g/mol. The second-order valence-electron chi connectivity index (χ2n) is 11.6. The first-order valence-corrected chi connectivity index (χ1v) is 16.9. The fourth-order valence-corrected chi connectivity index (χ4v) is 9.00. The second-order valence-corrected chi connectivity index (χ2v) is 13.8. The summed E-state index contributed by atoms with van der Waals surface area (Å²) in [6.07, 6.45) is 0. The predicted molar refractivity (Wildman–Crippen MR) is 199 cm³/mol. The molecule has 0 saturated heterocycles. The van der Waals surface area contributed by atoms with Crippen LogP contribution < -0.4 is 0 Å². The number of nitrogens with zero attached hydrogens (tertiary/aromatic N) is 1. The van der Waals surface area contributed by atoms with Crippen molar-refractivity contribution in [2.75, 3.05) is 0 Å². The Morgan fingerprint density at radius 3 is 1.39 bits per heavy atom. The molecule has 9 rings (SSSR count). The zero-order valence-corrected chi connectivity index (χ0v) is 26.3. The van der Waals surface area contributed by atoms with E-state index in [0.717, 1.165) is 22.3 Å². The van der Waals surface area contributed by atoms with Crippen molar-refractivity contribution < 1.29 is 0 Å². The molecule has 2 aromatic heterocycles. The zero-order valence-electron chi connectivity index (χ0n) is 24.7. The Kier molecular flexibility index (Phi) is 6.31. The summed E-state index contributed by atoms with van der Waals surface area (Å²) in [5.74, 6) is 0. The molecule has 214 valence electrons. The molecule has 0 unspecified atom stereocenters. The van der Waals surface area contributed by atoms with Crippen LogP contribution >= 0.6 is 22.7 Å². The Labute approximate surface area is 274 Å². The quantitative estimate of drug-likeness (QED) is 0.192. The molecule has 46 heavy (non-hydrogen) atoms. The van der Waals surface area contributed by atoms with Crippen LogP contribution in [0, 0.1) is 11.3 Å². The lowest BCUT2D eigenvalue weighted by Crippen LogP contribution is -1.90. The summed E-state index contributed by atoms with van der Waals surface area (Å²) < 4.78 is 5.21. The van der Waals surface area contributed by atoms with Crippen molar-refractivity contribution >= 4 is 63.0 Å². The highest BCUT2D eigenvalue weighted by Gasteiger charge is 2.15. The summed E-state index contributed by atoms with van der Waals surface area (Å²) in [6.45, 7) is 0. The lowest BCUT2D eigenvalue weighted by molar-refractivity contribution is 1.47. The lowest BCUT2D eigenvalue weighted by atomic mass is 9.88. The van der Waals surface area contributed by atoms with E-state index < -0.39 is 0 Å². The molecule has 1 nitrogen and oxygen atoms in total. The van der Waals surface area contributed by atoms with Gasteiger partial charge in [0, 0.05) is 45.9 Å². The number of rotatable bonds is 4. The highest BCUT2D eigenvalue weighted by molar-refractivity contribution is 7.26. The summed E-state index contributed by atoms with van der Waals surface area (Å²) in [5, 5.41) is 15.2. The maximum absolute atomic E-state index is 9.96. The van der Waals surface area contributed by atoms with Gasteiger partial charge in [-0.15, -0.1) is 22.7 Å². The first-order chi connectivity index (χ1) is 22.7. The Balaban J connectivity index is 1.27. The number of nitriles is 1. The van der Waals surface area contributed by atoms with Crippen LogP contribution in [0.4, 0.5) is 0 Å². The SMILES string of the molecule is N#Cc1ccccc1-c1ccccc1-c1cc(-c2ccc3c(c2)sc2ccccc23)cc(-c2ccc3c(c2)sc2ccccc23)c1. The maximum atomic E-state index is 9.96. The van der Waals surface area contributed by atoms with Crippen molar-refractivity contribution in [3.05, 3.63) is 157 Å². The maximum Gasteiger partial charge on any atom is 0.0998 e. The van der Waals surface area contributed by atoms with Crippen LogP contribution in [-0.4, -0.2) is 0 Å². The molecule has 0 fully saturated rings. The van der Waals surface area contributed by atoms with Crippen LogP contribution in [0.25, 0.3) is 84.9 Å². The fourth-order valence-electron chi connectivity index (χ4n) is 6.71. The van der Waals surface area contributed by atoms with E-state index in [0.29, 0.717) is 5.56 Å². The number of hydrogen-bond donors (Lipinski definition) is 0. The van der Waals surface area contributed by atoms with E-state index in [9.17, 15) is 5.26 Å². The standard InChI is InChI=1S/C43H25NS2/c44-26-29-9-1-2-10-33(29)35-12-4-3-11-34(35)32-22-30(27-17-19-38-36-13-5-7-15-40(36)45-42(38)24-27)21-31(23-32)28-18-20-39-37-14-6-8-16-41(37)46-43(39)25-28/h1-25H. The molecule has 0 saturated carbocycles. The van der Waals surface area contributed by atoms with Gasteiger partial charge in [0.05, 0.1) is 11.6 Å². The van der Waals surface area contributed by atoms with Gasteiger partial charge in [-0.2, -0.15) is 5.26 Å². The molecule has 9 aromatic rings. The van der Waals surface area contributed by atoms with E-state index >= 15 is 0 Å². The van der Waals surface area contributed by atoms with E-state index in [1.165, 1.54) is 62.6 Å². The molecule has 2 heterocycles. The van der Waals surface area contributed by atoms with Crippen molar-refractivity contribution in [3.63, 3.8) is 0 Å². The van der Waals surface area contributed by atoms with Gasteiger partial charge in [-0.25, -0.2) is 0 Å². The third-order valence-corrected chi connectivity index (χ3v) is 11.2. The molecule has 7 aromatic carbocycles. The molecule has 0 N–H and O–H groups in total. The summed E-state index contributed by atoms with van der Waals surface area (Å²) in [6, 6.07) is 56.8. The van der Waals surface area contributed by atoms with Crippen molar-refractivity contribution in [3.8, 4) is 50.6 Å². The van der Waals surface area contributed by atoms with Gasteiger partial charge in [-0.1, -0.05) is 103 Å².